The van der Waals surface area contributed by atoms with Gasteiger partial charge in [0.25, 0.3) is 5.91 Å². The smallest absolute Gasteiger partial charge is 0.274 e. The van der Waals surface area contributed by atoms with Gasteiger partial charge in [-0.15, -0.1) is 0 Å². The minimum atomic E-state index is -0.473. The van der Waals surface area contributed by atoms with Crippen molar-refractivity contribution in [3.05, 3.63) is 63.8 Å². The van der Waals surface area contributed by atoms with E-state index in [1.54, 1.807) is 23.5 Å². The lowest BCUT2D eigenvalue weighted by atomic mass is 10.2. The number of anilines is 1. The Bertz CT molecular complexity index is 888. The number of aryl methyl sites for hydroxylation is 2. The predicted molar refractivity (Wildman–Crippen MR) is 86.7 cm³/mol. The number of aromatic nitrogens is 2. The quantitative estimate of drug-likeness (QED) is 0.746. The van der Waals surface area contributed by atoms with Crippen molar-refractivity contribution in [3.63, 3.8) is 0 Å². The Kier molecular flexibility index (Phi) is 3.70. The van der Waals surface area contributed by atoms with Gasteiger partial charge in [0.1, 0.15) is 11.5 Å². The fourth-order valence-electron chi connectivity index (χ4n) is 2.36. The van der Waals surface area contributed by atoms with Crippen LogP contribution < -0.4 is 5.32 Å². The molecule has 1 N–H and O–H groups in total. The lowest BCUT2D eigenvalue weighted by molar-refractivity contribution is 0.102. The van der Waals surface area contributed by atoms with Crippen LogP contribution in [0.25, 0.3) is 5.65 Å². The highest BCUT2D eigenvalue weighted by Gasteiger charge is 2.19. The maximum Gasteiger partial charge on any atom is 0.274 e. The van der Waals surface area contributed by atoms with E-state index in [9.17, 15) is 9.18 Å². The Labute approximate surface area is 135 Å². The largest absolute Gasteiger partial charge is 0.318 e. The van der Waals surface area contributed by atoms with Crippen molar-refractivity contribution < 1.29 is 9.18 Å². The molecule has 0 fully saturated rings. The number of carbonyl (C=O) groups is 1. The average Bonchev–Trinajstić information content (AvgIpc) is 2.78. The molecule has 0 radical (unpaired) electrons. The first-order valence-electron chi connectivity index (χ1n) is 6.68. The summed E-state index contributed by atoms with van der Waals surface area (Å²) in [6.45, 7) is 3.68. The molecule has 3 rings (SSSR count). The van der Waals surface area contributed by atoms with Crippen LogP contribution in [0.15, 0.2) is 41.0 Å². The number of halogens is 2. The minimum Gasteiger partial charge on any atom is -0.318 e. The number of imidazole rings is 1. The summed E-state index contributed by atoms with van der Waals surface area (Å²) in [6, 6.07) is 8.00. The number of para-hydroxylation sites is 1. The molecule has 2 heterocycles. The van der Waals surface area contributed by atoms with Gasteiger partial charge >= 0.3 is 0 Å². The number of hydrogen-bond acceptors (Lipinski definition) is 2. The molecule has 0 aliphatic carbocycles. The average molecular weight is 362 g/mol. The van der Waals surface area contributed by atoms with E-state index in [0.29, 0.717) is 17.0 Å². The Morgan fingerprint density at radius 3 is 2.77 bits per heavy atom. The number of rotatable bonds is 2. The third-order valence-electron chi connectivity index (χ3n) is 3.32. The normalized spacial score (nSPS) is 10.9. The molecule has 6 heteroatoms. The number of hydrogen-bond donors (Lipinski definition) is 1. The Morgan fingerprint density at radius 2 is 2.05 bits per heavy atom. The number of nitrogens with zero attached hydrogens (tertiary/aromatic N) is 2. The molecule has 1 aromatic carbocycles. The molecule has 0 unspecified atom stereocenters. The highest BCUT2D eigenvalue weighted by molar-refractivity contribution is 9.10. The first-order chi connectivity index (χ1) is 10.5. The lowest BCUT2D eigenvalue weighted by Gasteiger charge is -2.07. The van der Waals surface area contributed by atoms with Crippen LogP contribution in [0.4, 0.5) is 10.1 Å². The summed E-state index contributed by atoms with van der Waals surface area (Å²) in [7, 11) is 0. The zero-order valence-electron chi connectivity index (χ0n) is 12.0. The maximum absolute atomic E-state index is 13.7. The molecule has 22 heavy (non-hydrogen) atoms. The SMILES string of the molecule is Cc1cc(Br)c2nc(C)c(C(=O)Nc3ccccc3F)n2c1. The number of benzene rings is 1. The predicted octanol–water partition coefficient (Wildman–Crippen LogP) is 4.11. The standard InChI is InChI=1S/C16H13BrFN3O/c1-9-7-11(17)15-19-10(2)14(21(15)8-9)16(22)20-13-6-4-3-5-12(13)18/h3-8H,1-2H3,(H,20,22). The molecule has 1 amide bonds. The molecule has 0 aliphatic rings. The van der Waals surface area contributed by atoms with Crippen LogP contribution in [0.1, 0.15) is 21.7 Å². The van der Waals surface area contributed by atoms with E-state index in [1.807, 2.05) is 19.2 Å². The summed E-state index contributed by atoms with van der Waals surface area (Å²) in [4.78, 5) is 16.9. The van der Waals surface area contributed by atoms with Crippen molar-refractivity contribution in [1.82, 2.24) is 9.38 Å². The van der Waals surface area contributed by atoms with E-state index in [1.165, 1.54) is 12.1 Å². The zero-order chi connectivity index (χ0) is 15.9. The molecule has 0 spiro atoms. The second-order valence-corrected chi connectivity index (χ2v) is 5.89. The second kappa shape index (κ2) is 5.53. The van der Waals surface area contributed by atoms with E-state index >= 15 is 0 Å². The number of amides is 1. The molecule has 0 atom stereocenters. The topological polar surface area (TPSA) is 46.4 Å². The third-order valence-corrected chi connectivity index (χ3v) is 3.91. The van der Waals surface area contributed by atoms with Gasteiger partial charge in [0.15, 0.2) is 5.65 Å². The highest BCUT2D eigenvalue weighted by atomic mass is 79.9. The molecular weight excluding hydrogens is 349 g/mol. The summed E-state index contributed by atoms with van der Waals surface area (Å²) in [5.41, 5.74) is 2.76. The van der Waals surface area contributed by atoms with Gasteiger partial charge in [-0.25, -0.2) is 9.37 Å². The van der Waals surface area contributed by atoms with Crippen LogP contribution in [-0.2, 0) is 0 Å². The monoisotopic (exact) mass is 361 g/mol. The van der Waals surface area contributed by atoms with Crippen molar-refractivity contribution in [2.75, 3.05) is 5.32 Å². The van der Waals surface area contributed by atoms with Gasteiger partial charge in [-0.2, -0.15) is 0 Å². The molecular formula is C16H13BrFN3O. The molecule has 112 valence electrons. The summed E-state index contributed by atoms with van der Waals surface area (Å²) in [6.07, 6.45) is 1.83. The second-order valence-electron chi connectivity index (χ2n) is 5.04. The number of carbonyl (C=O) groups excluding carboxylic acids is 1. The van der Waals surface area contributed by atoms with Gasteiger partial charge in [0, 0.05) is 6.20 Å². The summed E-state index contributed by atoms with van der Waals surface area (Å²) in [5, 5.41) is 2.59. The van der Waals surface area contributed by atoms with Gasteiger partial charge in [-0.05, 0) is 53.5 Å². The first-order valence-corrected chi connectivity index (χ1v) is 7.47. The Balaban J connectivity index is 2.08. The third kappa shape index (κ3) is 2.50. The molecule has 0 saturated heterocycles. The Hall–Kier alpha value is -2.21. The Morgan fingerprint density at radius 1 is 1.32 bits per heavy atom. The number of fused-ring (bicyclic) bond motifs is 1. The van der Waals surface area contributed by atoms with Crippen LogP contribution in [0.3, 0.4) is 0 Å². The van der Waals surface area contributed by atoms with Gasteiger partial charge in [0.05, 0.1) is 15.9 Å². The molecule has 0 aliphatic heterocycles. The van der Waals surface area contributed by atoms with Crippen LogP contribution in [0.5, 0.6) is 0 Å². The van der Waals surface area contributed by atoms with Crippen molar-refractivity contribution in [2.24, 2.45) is 0 Å². The first kappa shape index (κ1) is 14.7. The van der Waals surface area contributed by atoms with Crippen LogP contribution in [-0.4, -0.2) is 15.3 Å². The lowest BCUT2D eigenvalue weighted by Crippen LogP contribution is -2.16. The molecule has 0 bridgehead atoms. The van der Waals surface area contributed by atoms with E-state index in [4.69, 9.17) is 0 Å². The van der Waals surface area contributed by atoms with Gasteiger partial charge in [0.2, 0.25) is 0 Å². The van der Waals surface area contributed by atoms with Crippen LogP contribution in [0, 0.1) is 19.7 Å². The summed E-state index contributed by atoms with van der Waals surface area (Å²) in [5.74, 6) is -0.868. The van der Waals surface area contributed by atoms with Gasteiger partial charge in [-0.1, -0.05) is 12.1 Å². The number of pyridine rings is 1. The van der Waals surface area contributed by atoms with Crippen LogP contribution in [0.2, 0.25) is 0 Å². The van der Waals surface area contributed by atoms with Gasteiger partial charge in [-0.3, -0.25) is 9.20 Å². The van der Waals surface area contributed by atoms with Crippen molar-refractivity contribution in [3.8, 4) is 0 Å². The van der Waals surface area contributed by atoms with Crippen molar-refractivity contribution in [2.45, 2.75) is 13.8 Å². The van der Waals surface area contributed by atoms with E-state index < -0.39 is 11.7 Å². The van der Waals surface area contributed by atoms with E-state index in [2.05, 4.69) is 26.2 Å². The summed E-state index contributed by atoms with van der Waals surface area (Å²) < 4.78 is 16.2. The molecule has 2 aromatic heterocycles. The zero-order valence-corrected chi connectivity index (χ0v) is 13.6. The van der Waals surface area contributed by atoms with E-state index in [0.717, 1.165) is 10.0 Å². The van der Waals surface area contributed by atoms with Gasteiger partial charge < -0.3 is 5.32 Å². The fourth-order valence-corrected chi connectivity index (χ4v) is 3.00. The maximum atomic E-state index is 13.7. The summed E-state index contributed by atoms with van der Waals surface area (Å²) >= 11 is 3.45. The molecule has 3 aromatic rings. The fraction of sp³-hybridized carbons (Fsp3) is 0.125. The molecule has 0 saturated carbocycles. The molecule has 4 nitrogen and oxygen atoms in total. The van der Waals surface area contributed by atoms with Crippen LogP contribution >= 0.6 is 15.9 Å². The van der Waals surface area contributed by atoms with E-state index in [-0.39, 0.29) is 5.69 Å². The van der Waals surface area contributed by atoms with Crippen molar-refractivity contribution in [1.29, 1.82) is 0 Å². The highest BCUT2D eigenvalue weighted by Crippen LogP contribution is 2.23. The van der Waals surface area contributed by atoms with Crippen molar-refractivity contribution >= 4 is 33.2 Å². The number of nitrogens with one attached hydrogen (secondary N) is 1. The minimum absolute atomic E-state index is 0.147.